The number of ether oxygens (including phenoxy) is 1. The quantitative estimate of drug-likeness (QED) is 0.541. The second kappa shape index (κ2) is 10.7. The maximum absolute atomic E-state index is 13.8. The van der Waals surface area contributed by atoms with Crippen molar-refractivity contribution >= 4 is 5.97 Å². The van der Waals surface area contributed by atoms with E-state index in [4.69, 9.17) is 4.74 Å². The highest BCUT2D eigenvalue weighted by molar-refractivity contribution is 5.72. The van der Waals surface area contributed by atoms with Crippen molar-refractivity contribution in [2.45, 2.75) is 39.3 Å². The lowest BCUT2D eigenvalue weighted by molar-refractivity contribution is -0.149. The van der Waals surface area contributed by atoms with Crippen molar-refractivity contribution in [2.75, 3.05) is 19.7 Å². The summed E-state index contributed by atoms with van der Waals surface area (Å²) in [6.45, 7) is 5.61. The number of benzene rings is 1. The lowest BCUT2D eigenvalue weighted by Crippen LogP contribution is -2.42. The molecule has 0 radical (unpaired) electrons. The largest absolute Gasteiger partial charge is 0.507 e. The highest BCUT2D eigenvalue weighted by Gasteiger charge is 2.34. The molecule has 3 aromatic rings. The van der Waals surface area contributed by atoms with Crippen molar-refractivity contribution in [2.24, 2.45) is 5.92 Å². The van der Waals surface area contributed by atoms with E-state index < -0.39 is 6.04 Å². The summed E-state index contributed by atoms with van der Waals surface area (Å²) in [5.74, 6) is -0.350. The molecular weight excluding hydrogens is 430 g/mol. The average molecular weight is 462 g/mol. The Morgan fingerprint density at radius 3 is 2.50 bits per heavy atom. The Morgan fingerprint density at radius 1 is 1.15 bits per heavy atom. The predicted molar refractivity (Wildman–Crippen MR) is 130 cm³/mol. The number of piperidine rings is 1. The van der Waals surface area contributed by atoms with E-state index in [1.54, 1.807) is 16.8 Å². The zero-order valence-electron chi connectivity index (χ0n) is 19.7. The molecule has 0 amide bonds. The molecule has 7 heteroatoms. The molecule has 7 nitrogen and oxygen atoms in total. The van der Waals surface area contributed by atoms with Crippen molar-refractivity contribution in [1.29, 1.82) is 0 Å². The molecule has 0 bridgehead atoms. The Bertz CT molecular complexity index is 1170. The Hall–Kier alpha value is -3.45. The van der Waals surface area contributed by atoms with Crippen LogP contribution in [-0.4, -0.2) is 45.2 Å². The Labute approximate surface area is 199 Å². The summed E-state index contributed by atoms with van der Waals surface area (Å²) in [6.07, 6.45) is 2.96. The van der Waals surface area contributed by atoms with Crippen LogP contribution in [-0.2, 0) is 16.1 Å². The van der Waals surface area contributed by atoms with Gasteiger partial charge in [0.25, 0.3) is 5.56 Å². The average Bonchev–Trinajstić information content (AvgIpc) is 2.86. The van der Waals surface area contributed by atoms with Crippen molar-refractivity contribution in [3.8, 4) is 5.75 Å². The minimum atomic E-state index is -0.514. The van der Waals surface area contributed by atoms with Crippen LogP contribution in [0.15, 0.2) is 65.6 Å². The van der Waals surface area contributed by atoms with Gasteiger partial charge in [-0.1, -0.05) is 36.4 Å². The zero-order valence-corrected chi connectivity index (χ0v) is 19.7. The van der Waals surface area contributed by atoms with Gasteiger partial charge in [-0.25, -0.2) is 0 Å². The standard InChI is InChI=1S/C27H31N3O4/c1-3-34-27(33)21-12-15-29(16-13-21)25(22-11-7-8-14-28-22)24-23(31)17-19(2)30(26(24)32)18-20-9-5-4-6-10-20/h4-11,14,17,21,25,31H,3,12-13,15-16,18H2,1-2H3/t25-/m1/s1. The fourth-order valence-electron chi connectivity index (χ4n) is 4.70. The molecule has 1 aliphatic rings. The van der Waals surface area contributed by atoms with E-state index in [0.29, 0.717) is 56.0 Å². The normalized spacial score (nSPS) is 15.7. The van der Waals surface area contributed by atoms with Crippen LogP contribution in [0.5, 0.6) is 5.75 Å². The molecule has 1 atom stereocenters. The van der Waals surface area contributed by atoms with Crippen LogP contribution < -0.4 is 5.56 Å². The number of rotatable bonds is 7. The van der Waals surface area contributed by atoms with E-state index in [-0.39, 0.29) is 23.2 Å². The van der Waals surface area contributed by atoms with Gasteiger partial charge in [-0.3, -0.25) is 19.5 Å². The van der Waals surface area contributed by atoms with Gasteiger partial charge in [0.15, 0.2) is 0 Å². The fraction of sp³-hybridized carbons (Fsp3) is 0.370. The first kappa shape index (κ1) is 23.7. The Morgan fingerprint density at radius 2 is 1.85 bits per heavy atom. The van der Waals surface area contributed by atoms with Gasteiger partial charge < -0.3 is 14.4 Å². The topological polar surface area (TPSA) is 84.7 Å². The molecule has 4 rings (SSSR count). The van der Waals surface area contributed by atoms with Crippen LogP contribution >= 0.6 is 0 Å². The summed E-state index contributed by atoms with van der Waals surface area (Å²) >= 11 is 0. The highest BCUT2D eigenvalue weighted by Crippen LogP contribution is 2.34. The van der Waals surface area contributed by atoms with Crippen molar-refractivity contribution in [3.63, 3.8) is 0 Å². The van der Waals surface area contributed by atoms with Gasteiger partial charge in [-0.15, -0.1) is 0 Å². The molecule has 1 aromatic carbocycles. The third kappa shape index (κ3) is 5.04. The number of carbonyl (C=O) groups excluding carboxylic acids is 1. The smallest absolute Gasteiger partial charge is 0.309 e. The number of likely N-dealkylation sites (tertiary alicyclic amines) is 1. The zero-order chi connectivity index (χ0) is 24.1. The molecular formula is C27H31N3O4. The molecule has 34 heavy (non-hydrogen) atoms. The third-order valence-electron chi connectivity index (χ3n) is 6.46. The molecule has 1 aliphatic heterocycles. The summed E-state index contributed by atoms with van der Waals surface area (Å²) in [5, 5.41) is 11.0. The lowest BCUT2D eigenvalue weighted by atomic mass is 9.93. The molecule has 0 unspecified atom stereocenters. The number of hydrogen-bond donors (Lipinski definition) is 1. The molecule has 1 saturated heterocycles. The van der Waals surface area contributed by atoms with Crippen molar-refractivity contribution in [3.05, 3.63) is 93.7 Å². The molecule has 178 valence electrons. The number of hydrogen-bond acceptors (Lipinski definition) is 6. The van der Waals surface area contributed by atoms with Crippen molar-refractivity contribution in [1.82, 2.24) is 14.5 Å². The number of aryl methyl sites for hydroxylation is 1. The van der Waals surface area contributed by atoms with Crippen LogP contribution in [0.3, 0.4) is 0 Å². The number of aromatic nitrogens is 2. The second-order valence-corrected chi connectivity index (χ2v) is 8.68. The first-order valence-electron chi connectivity index (χ1n) is 11.8. The fourth-order valence-corrected chi connectivity index (χ4v) is 4.70. The van der Waals surface area contributed by atoms with Crippen LogP contribution in [0.1, 0.15) is 48.3 Å². The first-order valence-corrected chi connectivity index (χ1v) is 11.8. The molecule has 1 fully saturated rings. The van der Waals surface area contributed by atoms with Crippen molar-refractivity contribution < 1.29 is 14.6 Å². The van der Waals surface area contributed by atoms with Crippen LogP contribution in [0.25, 0.3) is 0 Å². The lowest BCUT2D eigenvalue weighted by Gasteiger charge is -2.37. The van der Waals surface area contributed by atoms with E-state index in [0.717, 1.165) is 5.56 Å². The second-order valence-electron chi connectivity index (χ2n) is 8.68. The predicted octanol–water partition coefficient (Wildman–Crippen LogP) is 3.67. The van der Waals surface area contributed by atoms with Crippen LogP contribution in [0.4, 0.5) is 0 Å². The van der Waals surface area contributed by atoms with Gasteiger partial charge in [-0.2, -0.15) is 0 Å². The van der Waals surface area contributed by atoms with Gasteiger partial charge in [0, 0.05) is 11.9 Å². The molecule has 1 N–H and O–H groups in total. The van der Waals surface area contributed by atoms with E-state index in [1.807, 2.05) is 62.4 Å². The summed E-state index contributed by atoms with van der Waals surface area (Å²) in [5.41, 5.74) is 2.48. The van der Waals surface area contributed by atoms with Gasteiger partial charge in [0.2, 0.25) is 0 Å². The van der Waals surface area contributed by atoms with E-state index in [1.165, 1.54) is 0 Å². The molecule has 3 heterocycles. The monoisotopic (exact) mass is 461 g/mol. The van der Waals surface area contributed by atoms with Gasteiger partial charge >= 0.3 is 5.97 Å². The summed E-state index contributed by atoms with van der Waals surface area (Å²) < 4.78 is 6.91. The molecule has 0 aliphatic carbocycles. The van der Waals surface area contributed by atoms with Gasteiger partial charge in [0.05, 0.1) is 36.4 Å². The highest BCUT2D eigenvalue weighted by atomic mass is 16.5. The van der Waals surface area contributed by atoms with Gasteiger partial charge in [-0.05, 0) is 63.5 Å². The number of pyridine rings is 2. The maximum atomic E-state index is 13.8. The third-order valence-corrected chi connectivity index (χ3v) is 6.46. The Kier molecular flexibility index (Phi) is 7.43. The number of carbonyl (C=O) groups is 1. The SMILES string of the molecule is CCOC(=O)C1CCN([C@H](c2ccccn2)c2c(O)cc(C)n(Cc3ccccc3)c2=O)CC1. The summed E-state index contributed by atoms with van der Waals surface area (Å²) in [4.78, 5) is 32.7. The minimum absolute atomic E-state index is 0.0324. The van der Waals surface area contributed by atoms with Crippen LogP contribution in [0.2, 0.25) is 0 Å². The van der Waals surface area contributed by atoms with Gasteiger partial charge in [0.1, 0.15) is 5.75 Å². The molecule has 2 aromatic heterocycles. The van der Waals surface area contributed by atoms with E-state index >= 15 is 0 Å². The minimum Gasteiger partial charge on any atom is -0.507 e. The number of nitrogens with zero attached hydrogens (tertiary/aromatic N) is 3. The van der Waals surface area contributed by atoms with E-state index in [2.05, 4.69) is 9.88 Å². The number of esters is 1. The van der Waals surface area contributed by atoms with Crippen LogP contribution in [0, 0.1) is 12.8 Å². The molecule has 0 saturated carbocycles. The molecule has 0 spiro atoms. The Balaban J connectivity index is 1.72. The first-order chi connectivity index (χ1) is 16.5. The maximum Gasteiger partial charge on any atom is 0.309 e. The van der Waals surface area contributed by atoms with E-state index in [9.17, 15) is 14.7 Å². The summed E-state index contributed by atoms with van der Waals surface area (Å²) in [7, 11) is 0. The summed E-state index contributed by atoms with van der Waals surface area (Å²) in [6, 6.07) is 16.5. The number of aromatic hydroxyl groups is 1.